The van der Waals surface area contributed by atoms with Crippen LogP contribution in [0.5, 0.6) is 11.5 Å². The summed E-state index contributed by atoms with van der Waals surface area (Å²) < 4.78 is 10.7. The first kappa shape index (κ1) is 13.8. The van der Waals surface area contributed by atoms with Gasteiger partial charge in [0.2, 0.25) is 0 Å². The third-order valence-corrected chi connectivity index (χ3v) is 4.21. The minimum Gasteiger partial charge on any atom is -0.493 e. The smallest absolute Gasteiger partial charge is 0.170 e. The van der Waals surface area contributed by atoms with Crippen LogP contribution in [0.1, 0.15) is 10.6 Å². The zero-order chi connectivity index (χ0) is 14.0. The summed E-state index contributed by atoms with van der Waals surface area (Å²) in [5.74, 6) is 1.33. The molecule has 19 heavy (non-hydrogen) atoms. The van der Waals surface area contributed by atoms with Crippen molar-refractivity contribution in [1.29, 1.82) is 0 Å². The van der Waals surface area contributed by atoms with Gasteiger partial charge in [0.15, 0.2) is 11.5 Å². The molecule has 0 aliphatic carbocycles. The number of rotatable bonds is 4. The molecule has 1 aromatic heterocycles. The molecule has 2 N–H and O–H groups in total. The van der Waals surface area contributed by atoms with Gasteiger partial charge < -0.3 is 15.2 Å². The number of para-hydroxylation sites is 1. The second kappa shape index (κ2) is 5.54. The average molecular weight is 294 g/mol. The van der Waals surface area contributed by atoms with E-state index in [0.29, 0.717) is 16.5 Å². The van der Waals surface area contributed by atoms with Gasteiger partial charge in [-0.2, -0.15) is 0 Å². The number of nitrogens with zero attached hydrogens (tertiary/aromatic N) is 1. The van der Waals surface area contributed by atoms with Gasteiger partial charge in [0.25, 0.3) is 0 Å². The van der Waals surface area contributed by atoms with Crippen LogP contribution in [0, 0.1) is 6.92 Å². The Morgan fingerprint density at radius 1 is 1.32 bits per heavy atom. The predicted molar refractivity (Wildman–Crippen MR) is 81.3 cm³/mol. The van der Waals surface area contributed by atoms with E-state index in [-0.39, 0.29) is 0 Å². The van der Waals surface area contributed by atoms with E-state index in [1.807, 2.05) is 25.1 Å². The number of thiazole rings is 1. The highest BCUT2D eigenvalue weighted by molar-refractivity contribution is 7.81. The van der Waals surface area contributed by atoms with Gasteiger partial charge in [-0.3, -0.25) is 0 Å². The van der Waals surface area contributed by atoms with Crippen molar-refractivity contribution in [1.82, 2.24) is 4.98 Å². The molecule has 2 aromatic rings. The molecule has 0 amide bonds. The molecule has 0 saturated carbocycles. The molecule has 6 heteroatoms. The van der Waals surface area contributed by atoms with Gasteiger partial charge in [-0.25, -0.2) is 4.98 Å². The van der Waals surface area contributed by atoms with Gasteiger partial charge in [0.05, 0.1) is 30.4 Å². The number of ether oxygens (including phenoxy) is 2. The maximum Gasteiger partial charge on any atom is 0.170 e. The van der Waals surface area contributed by atoms with Crippen LogP contribution in [-0.4, -0.2) is 24.2 Å². The van der Waals surface area contributed by atoms with Gasteiger partial charge >= 0.3 is 0 Å². The highest BCUT2D eigenvalue weighted by Crippen LogP contribution is 2.40. The van der Waals surface area contributed by atoms with Crippen LogP contribution < -0.4 is 15.2 Å². The van der Waals surface area contributed by atoms with Gasteiger partial charge in [0, 0.05) is 0 Å². The van der Waals surface area contributed by atoms with Crippen molar-refractivity contribution in [3.63, 3.8) is 0 Å². The maximum atomic E-state index is 5.68. The van der Waals surface area contributed by atoms with E-state index in [9.17, 15) is 0 Å². The Bertz CT molecular complexity index is 623. The molecular weight excluding hydrogens is 280 g/mol. The molecule has 0 saturated heterocycles. The quantitative estimate of drug-likeness (QED) is 0.879. The number of aryl methyl sites for hydroxylation is 1. The number of methoxy groups -OCH3 is 2. The molecule has 0 unspecified atom stereocenters. The van der Waals surface area contributed by atoms with Crippen LogP contribution in [0.2, 0.25) is 0 Å². The predicted octanol–water partition coefficient (Wildman–Crippen LogP) is 2.77. The molecule has 100 valence electrons. The lowest BCUT2D eigenvalue weighted by molar-refractivity contribution is 0.356. The zero-order valence-electron chi connectivity index (χ0n) is 10.9. The molecular formula is C13H14N2O2S2. The van der Waals surface area contributed by atoms with Crippen molar-refractivity contribution >= 4 is 28.5 Å². The maximum absolute atomic E-state index is 5.68. The molecule has 0 spiro atoms. The van der Waals surface area contributed by atoms with Crippen LogP contribution >= 0.6 is 23.6 Å². The second-order valence-corrected chi connectivity index (χ2v) is 5.28. The zero-order valence-corrected chi connectivity index (χ0v) is 12.5. The minimum atomic E-state index is 0.364. The van der Waals surface area contributed by atoms with Gasteiger partial charge in [-0.05, 0) is 19.1 Å². The number of hydrogen-bond acceptors (Lipinski definition) is 5. The fraction of sp³-hybridized carbons (Fsp3) is 0.231. The Kier molecular flexibility index (Phi) is 4.01. The average Bonchev–Trinajstić information content (AvgIpc) is 2.79. The van der Waals surface area contributed by atoms with Crippen molar-refractivity contribution in [2.24, 2.45) is 5.73 Å². The van der Waals surface area contributed by atoms with E-state index in [4.69, 9.17) is 27.4 Å². The molecule has 0 aliphatic heterocycles. The summed E-state index contributed by atoms with van der Waals surface area (Å²) in [7, 11) is 3.21. The summed E-state index contributed by atoms with van der Waals surface area (Å²) in [6.07, 6.45) is 0. The van der Waals surface area contributed by atoms with Gasteiger partial charge in [-0.1, -0.05) is 18.3 Å². The normalized spacial score (nSPS) is 10.3. The van der Waals surface area contributed by atoms with E-state index >= 15 is 0 Å². The van der Waals surface area contributed by atoms with E-state index in [1.54, 1.807) is 14.2 Å². The van der Waals surface area contributed by atoms with Crippen molar-refractivity contribution < 1.29 is 9.47 Å². The number of thiocarbonyl (C=S) groups is 1. The minimum absolute atomic E-state index is 0.364. The Morgan fingerprint density at radius 3 is 2.58 bits per heavy atom. The van der Waals surface area contributed by atoms with Crippen LogP contribution in [-0.2, 0) is 0 Å². The molecule has 0 aliphatic rings. The van der Waals surface area contributed by atoms with Crippen LogP contribution in [0.3, 0.4) is 0 Å². The molecule has 0 atom stereocenters. The Balaban J connectivity index is 2.59. The summed E-state index contributed by atoms with van der Waals surface area (Å²) in [5.41, 5.74) is 7.38. The molecule has 0 bridgehead atoms. The second-order valence-electron chi connectivity index (χ2n) is 3.84. The van der Waals surface area contributed by atoms with Gasteiger partial charge in [-0.15, -0.1) is 11.3 Å². The Hall–Kier alpha value is -1.66. The summed E-state index contributed by atoms with van der Waals surface area (Å²) in [4.78, 5) is 5.69. The largest absolute Gasteiger partial charge is 0.493 e. The van der Waals surface area contributed by atoms with Crippen LogP contribution in [0.15, 0.2) is 18.2 Å². The fourth-order valence-corrected chi connectivity index (χ4v) is 3.01. The Morgan fingerprint density at radius 2 is 2.05 bits per heavy atom. The first-order valence-electron chi connectivity index (χ1n) is 5.57. The van der Waals surface area contributed by atoms with Gasteiger partial charge in [0.1, 0.15) is 10.00 Å². The number of hydrogen-bond donors (Lipinski definition) is 1. The molecule has 0 radical (unpaired) electrons. The summed E-state index contributed by atoms with van der Waals surface area (Å²) >= 11 is 6.47. The number of aromatic nitrogens is 1. The SMILES string of the molecule is COc1cccc(-c2nc(C)c(C(N)=S)s2)c1OC. The van der Waals surface area contributed by atoms with E-state index in [0.717, 1.165) is 21.1 Å². The molecule has 0 fully saturated rings. The molecule has 4 nitrogen and oxygen atoms in total. The lowest BCUT2D eigenvalue weighted by atomic mass is 10.2. The molecule has 1 aromatic carbocycles. The summed E-state index contributed by atoms with van der Waals surface area (Å²) in [6, 6.07) is 5.67. The fourth-order valence-electron chi connectivity index (χ4n) is 1.80. The van der Waals surface area contributed by atoms with Crippen molar-refractivity contribution in [2.45, 2.75) is 6.92 Å². The van der Waals surface area contributed by atoms with E-state index < -0.39 is 0 Å². The lowest BCUT2D eigenvalue weighted by Gasteiger charge is -2.10. The Labute approximate surface area is 121 Å². The molecule has 1 heterocycles. The highest BCUT2D eigenvalue weighted by atomic mass is 32.1. The van der Waals surface area contributed by atoms with Crippen molar-refractivity contribution in [2.75, 3.05) is 14.2 Å². The lowest BCUT2D eigenvalue weighted by Crippen LogP contribution is -2.08. The first-order valence-corrected chi connectivity index (χ1v) is 6.79. The van der Waals surface area contributed by atoms with E-state index in [1.165, 1.54) is 11.3 Å². The topological polar surface area (TPSA) is 57.4 Å². The summed E-state index contributed by atoms with van der Waals surface area (Å²) in [6.45, 7) is 1.89. The summed E-state index contributed by atoms with van der Waals surface area (Å²) in [5, 5.41) is 0.816. The van der Waals surface area contributed by atoms with E-state index in [2.05, 4.69) is 4.98 Å². The standard InChI is InChI=1S/C13H14N2O2S2/c1-7-11(12(14)18)19-13(15-7)8-5-4-6-9(16-2)10(8)17-3/h4-6H,1-3H3,(H2,14,18). The first-order chi connectivity index (χ1) is 9.08. The monoisotopic (exact) mass is 294 g/mol. The highest BCUT2D eigenvalue weighted by Gasteiger charge is 2.17. The van der Waals surface area contributed by atoms with Crippen molar-refractivity contribution in [3.05, 3.63) is 28.8 Å². The molecule has 2 rings (SSSR count). The van der Waals surface area contributed by atoms with Crippen molar-refractivity contribution in [3.8, 4) is 22.1 Å². The van der Waals surface area contributed by atoms with Crippen LogP contribution in [0.4, 0.5) is 0 Å². The number of nitrogens with two attached hydrogens (primary N) is 1. The third kappa shape index (κ3) is 2.54. The van der Waals surface area contributed by atoms with Crippen LogP contribution in [0.25, 0.3) is 10.6 Å². The number of benzene rings is 1. The third-order valence-electron chi connectivity index (χ3n) is 2.65.